The van der Waals surface area contributed by atoms with Gasteiger partial charge in [-0.3, -0.25) is 0 Å². The molecule has 1 unspecified atom stereocenters. The molecule has 1 radical (unpaired) electrons. The summed E-state index contributed by atoms with van der Waals surface area (Å²) in [5.74, 6) is 0. The Labute approximate surface area is 50.1 Å². The van der Waals surface area contributed by atoms with Crippen molar-refractivity contribution in [1.82, 2.24) is 4.90 Å². The van der Waals surface area contributed by atoms with Gasteiger partial charge in [0, 0.05) is 6.42 Å². The molecule has 1 aliphatic heterocycles. The lowest BCUT2D eigenvalue weighted by Gasteiger charge is -1.97. The third-order valence-electron chi connectivity index (χ3n) is 1.69. The van der Waals surface area contributed by atoms with Gasteiger partial charge in [-0.25, -0.2) is 0 Å². The van der Waals surface area contributed by atoms with Gasteiger partial charge in [-0.05, 0) is 6.92 Å². The van der Waals surface area contributed by atoms with E-state index < -0.39 is 0 Å². The first kappa shape index (κ1) is 6.05. The number of nitrogens with zero attached hydrogens (tertiary/aromatic N) is 1. The molecule has 1 atom stereocenters. The SMILES string of the molecule is CC[N+]1CCC(O)C1. The summed E-state index contributed by atoms with van der Waals surface area (Å²) in [4.78, 5) is 2.25. The van der Waals surface area contributed by atoms with Gasteiger partial charge in [0.2, 0.25) is 0 Å². The fourth-order valence-electron chi connectivity index (χ4n) is 1.10. The van der Waals surface area contributed by atoms with Crippen molar-refractivity contribution in [3.63, 3.8) is 0 Å². The zero-order chi connectivity index (χ0) is 5.98. The van der Waals surface area contributed by atoms with Gasteiger partial charge in [-0.15, -0.1) is 0 Å². The molecule has 1 rings (SSSR count). The zero-order valence-electron chi connectivity index (χ0n) is 5.30. The topological polar surface area (TPSA) is 26.1 Å². The number of hydrogen-bond donors (Lipinski definition) is 1. The molecule has 1 N–H and O–H groups in total. The molecule has 0 bridgehead atoms. The van der Waals surface area contributed by atoms with E-state index in [1.54, 1.807) is 0 Å². The number of likely N-dealkylation sites (tertiary alicyclic amines) is 1. The molecule has 0 amide bonds. The van der Waals surface area contributed by atoms with Crippen LogP contribution in [0.15, 0.2) is 0 Å². The molecule has 0 aromatic rings. The fourth-order valence-corrected chi connectivity index (χ4v) is 1.10. The Morgan fingerprint density at radius 3 is 2.75 bits per heavy atom. The van der Waals surface area contributed by atoms with E-state index in [4.69, 9.17) is 5.11 Å². The van der Waals surface area contributed by atoms with Crippen molar-refractivity contribution >= 4 is 0 Å². The van der Waals surface area contributed by atoms with Gasteiger partial charge in [0.25, 0.3) is 0 Å². The fraction of sp³-hybridized carbons (Fsp3) is 1.00. The molecule has 0 aromatic heterocycles. The summed E-state index contributed by atoms with van der Waals surface area (Å²) in [6.07, 6.45) is 0.920. The van der Waals surface area contributed by atoms with Crippen molar-refractivity contribution in [3.8, 4) is 0 Å². The molecule has 2 heteroatoms. The maximum absolute atomic E-state index is 8.99. The smallest absolute Gasteiger partial charge is 0.148 e. The highest BCUT2D eigenvalue weighted by Gasteiger charge is 2.26. The first-order valence-electron chi connectivity index (χ1n) is 3.23. The molecule has 0 saturated carbocycles. The third kappa shape index (κ3) is 1.20. The van der Waals surface area contributed by atoms with Crippen LogP contribution in [0.5, 0.6) is 0 Å². The van der Waals surface area contributed by atoms with E-state index in [0.29, 0.717) is 0 Å². The number of aliphatic hydroxyl groups is 1. The molecule has 1 fully saturated rings. The van der Waals surface area contributed by atoms with Crippen molar-refractivity contribution < 1.29 is 5.11 Å². The number of β-amino-alcohol motifs (C(OH)–C–C–N with tert-alkyl or cyclic N) is 1. The molecular formula is C6H13NO+. The Morgan fingerprint density at radius 1 is 1.75 bits per heavy atom. The van der Waals surface area contributed by atoms with Crippen LogP contribution in [0.4, 0.5) is 0 Å². The van der Waals surface area contributed by atoms with Crippen molar-refractivity contribution in [1.29, 1.82) is 0 Å². The molecule has 0 aromatic carbocycles. The van der Waals surface area contributed by atoms with Gasteiger partial charge >= 0.3 is 0 Å². The molecular weight excluding hydrogens is 102 g/mol. The maximum atomic E-state index is 8.99. The monoisotopic (exact) mass is 115 g/mol. The van der Waals surface area contributed by atoms with Crippen LogP contribution in [0, 0.1) is 0 Å². The van der Waals surface area contributed by atoms with E-state index in [9.17, 15) is 0 Å². The van der Waals surface area contributed by atoms with Crippen molar-refractivity contribution in [3.05, 3.63) is 0 Å². The second kappa shape index (κ2) is 2.46. The van der Waals surface area contributed by atoms with Crippen LogP contribution in [0.25, 0.3) is 0 Å². The van der Waals surface area contributed by atoms with Crippen LogP contribution < -0.4 is 4.90 Å². The summed E-state index contributed by atoms with van der Waals surface area (Å²) in [6, 6.07) is 0. The summed E-state index contributed by atoms with van der Waals surface area (Å²) in [5.41, 5.74) is 0. The second-order valence-corrected chi connectivity index (χ2v) is 2.34. The zero-order valence-corrected chi connectivity index (χ0v) is 5.30. The molecule has 2 nitrogen and oxygen atoms in total. The Bertz CT molecular complexity index is 74.9. The standard InChI is InChI=1S/C6H13NO/c1-2-7-4-3-6(8)5-7/h6,8H,2-5H2,1H3/q+1. The summed E-state index contributed by atoms with van der Waals surface area (Å²) >= 11 is 0. The number of hydrogen-bond acceptors (Lipinski definition) is 2. The largest absolute Gasteiger partial charge is 0.387 e. The minimum absolute atomic E-state index is 0.0463. The summed E-state index contributed by atoms with van der Waals surface area (Å²) in [5, 5.41) is 8.99. The van der Waals surface area contributed by atoms with Gasteiger partial charge in [0.15, 0.2) is 0 Å². The summed E-state index contributed by atoms with van der Waals surface area (Å²) in [7, 11) is 0. The molecule has 1 heterocycles. The first-order valence-corrected chi connectivity index (χ1v) is 3.23. The van der Waals surface area contributed by atoms with E-state index in [2.05, 4.69) is 11.8 Å². The van der Waals surface area contributed by atoms with Gasteiger partial charge in [-0.1, -0.05) is 0 Å². The van der Waals surface area contributed by atoms with Crippen LogP contribution in [0.1, 0.15) is 13.3 Å². The van der Waals surface area contributed by atoms with E-state index in [0.717, 1.165) is 26.1 Å². The van der Waals surface area contributed by atoms with E-state index in [1.807, 2.05) is 0 Å². The van der Waals surface area contributed by atoms with Gasteiger partial charge in [0.05, 0.1) is 0 Å². The van der Waals surface area contributed by atoms with Crippen molar-refractivity contribution in [2.24, 2.45) is 0 Å². The predicted molar refractivity (Wildman–Crippen MR) is 33.0 cm³/mol. The summed E-state index contributed by atoms with van der Waals surface area (Å²) < 4.78 is 0. The van der Waals surface area contributed by atoms with E-state index in [-0.39, 0.29) is 6.10 Å². The van der Waals surface area contributed by atoms with Crippen LogP contribution >= 0.6 is 0 Å². The molecule has 0 aliphatic carbocycles. The highest BCUT2D eigenvalue weighted by molar-refractivity contribution is 4.77. The Morgan fingerprint density at radius 2 is 2.50 bits per heavy atom. The van der Waals surface area contributed by atoms with Crippen LogP contribution in [0.2, 0.25) is 0 Å². The molecule has 1 saturated heterocycles. The lowest BCUT2D eigenvalue weighted by atomic mass is 10.3. The van der Waals surface area contributed by atoms with E-state index >= 15 is 0 Å². The average Bonchev–Trinajstić information content (AvgIpc) is 2.14. The Hall–Kier alpha value is -0.0800. The highest BCUT2D eigenvalue weighted by atomic mass is 16.3. The van der Waals surface area contributed by atoms with Crippen molar-refractivity contribution in [2.75, 3.05) is 19.6 Å². The maximum Gasteiger partial charge on any atom is 0.148 e. The average molecular weight is 115 g/mol. The molecule has 0 spiro atoms. The molecule has 47 valence electrons. The summed E-state index contributed by atoms with van der Waals surface area (Å²) in [6.45, 7) is 5.17. The van der Waals surface area contributed by atoms with Gasteiger partial charge in [0.1, 0.15) is 25.7 Å². The van der Waals surface area contributed by atoms with Gasteiger partial charge in [-0.2, -0.15) is 4.90 Å². The van der Waals surface area contributed by atoms with Crippen LogP contribution in [0.3, 0.4) is 0 Å². The minimum atomic E-state index is -0.0463. The minimum Gasteiger partial charge on any atom is -0.387 e. The number of aliphatic hydroxyl groups excluding tert-OH is 1. The van der Waals surface area contributed by atoms with Crippen LogP contribution in [-0.4, -0.2) is 30.8 Å². The number of likely N-dealkylation sites (N-methyl/N-ethyl adjacent to an activating group) is 1. The van der Waals surface area contributed by atoms with Crippen molar-refractivity contribution in [2.45, 2.75) is 19.4 Å². The quantitative estimate of drug-likeness (QED) is 0.475. The second-order valence-electron chi connectivity index (χ2n) is 2.34. The molecule has 1 aliphatic rings. The number of rotatable bonds is 1. The lowest BCUT2D eigenvalue weighted by molar-refractivity contribution is 0.190. The van der Waals surface area contributed by atoms with Crippen LogP contribution in [-0.2, 0) is 0 Å². The Kier molecular flexibility index (Phi) is 1.86. The highest BCUT2D eigenvalue weighted by Crippen LogP contribution is 2.03. The van der Waals surface area contributed by atoms with E-state index in [1.165, 1.54) is 0 Å². The lowest BCUT2D eigenvalue weighted by Crippen LogP contribution is -2.27. The predicted octanol–water partition coefficient (Wildman–Crippen LogP) is -0.0890. The van der Waals surface area contributed by atoms with Gasteiger partial charge < -0.3 is 5.11 Å². The third-order valence-corrected chi connectivity index (χ3v) is 1.69. The normalized spacial score (nSPS) is 31.5. The Balaban J connectivity index is 2.22. The molecule has 8 heavy (non-hydrogen) atoms. The first-order chi connectivity index (χ1) is 3.83.